The Hall–Kier alpha value is -2.83. The Morgan fingerprint density at radius 1 is 1.13 bits per heavy atom. The summed E-state index contributed by atoms with van der Waals surface area (Å²) in [6.45, 7) is -2.61. The van der Waals surface area contributed by atoms with E-state index in [0.29, 0.717) is 0 Å². The van der Waals surface area contributed by atoms with E-state index in [0.717, 1.165) is 28.6 Å². The van der Waals surface area contributed by atoms with Crippen molar-refractivity contribution in [3.8, 4) is 11.5 Å². The summed E-state index contributed by atoms with van der Waals surface area (Å²) in [4.78, 5) is 11.9. The average Bonchev–Trinajstić information content (AvgIpc) is 2.74. The third kappa shape index (κ3) is 5.27. The summed E-state index contributed by atoms with van der Waals surface area (Å²) in [7, 11) is -2.91. The second-order valence-corrected chi connectivity index (χ2v) is 8.27. The van der Waals surface area contributed by atoms with Gasteiger partial charge in [-0.15, -0.1) is 0 Å². The number of morpholine rings is 1. The first-order valence-corrected chi connectivity index (χ1v) is 10.5. The highest BCUT2D eigenvalue weighted by atomic mass is 32.2. The molecule has 0 aliphatic carbocycles. The molecule has 0 spiro atoms. The maximum Gasteiger partial charge on any atom is 0.387 e. The van der Waals surface area contributed by atoms with Crippen LogP contribution in [0, 0.1) is 5.82 Å². The first-order valence-electron chi connectivity index (χ1n) is 9.04. The molecule has 2 aromatic rings. The number of rotatable bonds is 7. The van der Waals surface area contributed by atoms with Crippen LogP contribution in [0.4, 0.5) is 18.9 Å². The van der Waals surface area contributed by atoms with Crippen LogP contribution in [0.25, 0.3) is 0 Å². The number of hydrogen-bond donors (Lipinski definition) is 1. The highest BCUT2D eigenvalue weighted by Gasteiger charge is 2.29. The van der Waals surface area contributed by atoms with Gasteiger partial charge in [-0.25, -0.2) is 12.8 Å². The number of anilines is 1. The molecule has 12 heteroatoms. The van der Waals surface area contributed by atoms with Crippen molar-refractivity contribution >= 4 is 21.6 Å². The molecule has 8 nitrogen and oxygen atoms in total. The van der Waals surface area contributed by atoms with E-state index in [2.05, 4.69) is 10.1 Å². The Balaban J connectivity index is 1.85. The Bertz CT molecular complexity index is 1060. The van der Waals surface area contributed by atoms with Crippen LogP contribution in [-0.2, 0) is 14.8 Å². The van der Waals surface area contributed by atoms with Crippen LogP contribution in [0.2, 0.25) is 0 Å². The molecule has 3 rings (SSSR count). The molecule has 0 bridgehead atoms. The fourth-order valence-corrected chi connectivity index (χ4v) is 4.41. The summed E-state index contributed by atoms with van der Waals surface area (Å²) < 4.78 is 80.4. The van der Waals surface area contributed by atoms with E-state index in [-0.39, 0.29) is 49.1 Å². The summed E-state index contributed by atoms with van der Waals surface area (Å²) in [5, 5.41) is 2.43. The van der Waals surface area contributed by atoms with Gasteiger partial charge in [0.2, 0.25) is 10.0 Å². The lowest BCUT2D eigenvalue weighted by molar-refractivity contribution is -0.0511. The van der Waals surface area contributed by atoms with Gasteiger partial charge in [-0.1, -0.05) is 0 Å². The fraction of sp³-hybridized carbons (Fsp3) is 0.316. The van der Waals surface area contributed by atoms with Crippen molar-refractivity contribution in [1.82, 2.24) is 4.31 Å². The lowest BCUT2D eigenvalue weighted by Gasteiger charge is -2.26. The van der Waals surface area contributed by atoms with Crippen LogP contribution < -0.4 is 14.8 Å². The molecule has 1 heterocycles. The summed E-state index contributed by atoms with van der Waals surface area (Å²) in [5.41, 5.74) is -0.0521. The van der Waals surface area contributed by atoms with Crippen LogP contribution in [0.15, 0.2) is 41.3 Å². The number of amides is 1. The summed E-state index contributed by atoms with van der Waals surface area (Å²) >= 11 is 0. The van der Waals surface area contributed by atoms with E-state index in [4.69, 9.17) is 9.47 Å². The van der Waals surface area contributed by atoms with Crippen LogP contribution >= 0.6 is 0 Å². The average molecular weight is 460 g/mol. The first kappa shape index (κ1) is 22.8. The maximum atomic E-state index is 14.3. The molecule has 0 atom stereocenters. The smallest absolute Gasteiger partial charge is 0.387 e. The van der Waals surface area contributed by atoms with Crippen molar-refractivity contribution in [3.05, 3.63) is 47.8 Å². The molecule has 1 aliphatic heterocycles. The van der Waals surface area contributed by atoms with Crippen molar-refractivity contribution in [2.24, 2.45) is 0 Å². The number of hydrogen-bond acceptors (Lipinski definition) is 6. The van der Waals surface area contributed by atoms with Gasteiger partial charge in [0.25, 0.3) is 5.91 Å². The Morgan fingerprint density at radius 2 is 1.84 bits per heavy atom. The van der Waals surface area contributed by atoms with Gasteiger partial charge in [0.05, 0.1) is 20.3 Å². The quantitative estimate of drug-likeness (QED) is 0.683. The van der Waals surface area contributed by atoms with Gasteiger partial charge in [0.15, 0.2) is 11.5 Å². The number of halogens is 3. The molecule has 0 unspecified atom stereocenters. The van der Waals surface area contributed by atoms with E-state index < -0.39 is 33.3 Å². The van der Waals surface area contributed by atoms with Gasteiger partial charge < -0.3 is 19.5 Å². The molecular formula is C19H19F3N2O6S. The van der Waals surface area contributed by atoms with Crippen molar-refractivity contribution in [2.75, 3.05) is 38.7 Å². The predicted molar refractivity (Wildman–Crippen MR) is 104 cm³/mol. The number of methoxy groups -OCH3 is 1. The van der Waals surface area contributed by atoms with Crippen LogP contribution in [0.3, 0.4) is 0 Å². The number of carbonyl (C=O) groups excluding carboxylic acids is 1. The fourth-order valence-electron chi connectivity index (χ4n) is 2.91. The Kier molecular flexibility index (Phi) is 7.03. The topological polar surface area (TPSA) is 94.2 Å². The normalized spacial score (nSPS) is 15.0. The van der Waals surface area contributed by atoms with Gasteiger partial charge in [-0.2, -0.15) is 13.1 Å². The summed E-state index contributed by atoms with van der Waals surface area (Å²) in [6.07, 6.45) is 0. The van der Waals surface area contributed by atoms with Crippen molar-refractivity contribution in [1.29, 1.82) is 0 Å². The molecule has 1 amide bonds. The Morgan fingerprint density at radius 3 is 2.48 bits per heavy atom. The minimum absolute atomic E-state index is 0.0268. The number of carbonyl (C=O) groups is 1. The largest absolute Gasteiger partial charge is 0.493 e. The number of sulfonamides is 1. The lowest BCUT2D eigenvalue weighted by atomic mass is 10.2. The van der Waals surface area contributed by atoms with Crippen LogP contribution in [0.1, 0.15) is 10.4 Å². The monoisotopic (exact) mass is 460 g/mol. The van der Waals surface area contributed by atoms with Gasteiger partial charge in [0.1, 0.15) is 10.7 Å². The molecule has 0 radical (unpaired) electrons. The highest BCUT2D eigenvalue weighted by molar-refractivity contribution is 7.89. The van der Waals surface area contributed by atoms with E-state index in [1.807, 2.05) is 0 Å². The summed E-state index contributed by atoms with van der Waals surface area (Å²) in [6, 6.07) is 6.73. The zero-order valence-electron chi connectivity index (χ0n) is 16.3. The van der Waals surface area contributed by atoms with E-state index >= 15 is 0 Å². The molecule has 1 N–H and O–H groups in total. The van der Waals surface area contributed by atoms with Crippen molar-refractivity contribution in [2.45, 2.75) is 11.5 Å². The predicted octanol–water partition coefficient (Wildman–Crippen LogP) is 2.71. The SMILES string of the molecule is COc1ccc(NC(=O)c2ccc(F)c(S(=O)(=O)N3CCOCC3)c2)cc1OC(F)F. The van der Waals surface area contributed by atoms with Crippen molar-refractivity contribution < 1.29 is 40.6 Å². The number of nitrogens with zero attached hydrogens (tertiary/aromatic N) is 1. The number of benzene rings is 2. The van der Waals surface area contributed by atoms with Crippen molar-refractivity contribution in [3.63, 3.8) is 0 Å². The standard InChI is InChI=1S/C19H19F3N2O6S/c1-28-15-5-3-13(11-16(15)30-19(21)22)23-18(25)12-2-4-14(20)17(10-12)31(26,27)24-6-8-29-9-7-24/h2-5,10-11,19H,6-9H2,1H3,(H,23,25). The molecule has 2 aromatic carbocycles. The maximum absolute atomic E-state index is 14.3. The first-order chi connectivity index (χ1) is 14.7. The van der Waals surface area contributed by atoms with Gasteiger partial charge in [-0.3, -0.25) is 4.79 Å². The third-order valence-corrected chi connectivity index (χ3v) is 6.33. The molecule has 1 aliphatic rings. The molecule has 168 valence electrons. The van der Waals surface area contributed by atoms with Crippen LogP contribution in [-0.4, -0.2) is 58.7 Å². The third-order valence-electron chi connectivity index (χ3n) is 4.42. The zero-order chi connectivity index (χ0) is 22.6. The summed E-state index contributed by atoms with van der Waals surface area (Å²) in [5.74, 6) is -2.05. The van der Waals surface area contributed by atoms with E-state index in [1.54, 1.807) is 0 Å². The minimum Gasteiger partial charge on any atom is -0.493 e. The van der Waals surface area contributed by atoms with E-state index in [1.165, 1.54) is 19.2 Å². The molecule has 31 heavy (non-hydrogen) atoms. The van der Waals surface area contributed by atoms with E-state index in [9.17, 15) is 26.4 Å². The molecule has 0 saturated carbocycles. The number of ether oxygens (including phenoxy) is 3. The number of nitrogens with one attached hydrogen (secondary N) is 1. The lowest BCUT2D eigenvalue weighted by Crippen LogP contribution is -2.41. The Labute approximate surface area is 176 Å². The second kappa shape index (κ2) is 9.54. The van der Waals surface area contributed by atoms with Gasteiger partial charge in [-0.05, 0) is 30.3 Å². The highest BCUT2D eigenvalue weighted by Crippen LogP contribution is 2.32. The molecule has 1 saturated heterocycles. The van der Waals surface area contributed by atoms with Gasteiger partial charge in [0, 0.05) is 30.4 Å². The molecular weight excluding hydrogens is 441 g/mol. The zero-order valence-corrected chi connectivity index (χ0v) is 17.1. The minimum atomic E-state index is -4.17. The number of alkyl halides is 2. The molecule has 0 aromatic heterocycles. The van der Waals surface area contributed by atoms with Crippen LogP contribution in [0.5, 0.6) is 11.5 Å². The molecule has 1 fully saturated rings. The van der Waals surface area contributed by atoms with Gasteiger partial charge >= 0.3 is 6.61 Å². The second-order valence-electron chi connectivity index (χ2n) is 6.36.